The van der Waals surface area contributed by atoms with Gasteiger partial charge in [0.1, 0.15) is 0 Å². The maximum Gasteiger partial charge on any atom is 0.0985 e. The number of hydrogen-bond acceptors (Lipinski definition) is 3. The number of hydrogen-bond donors (Lipinski definition) is 1. The van der Waals surface area contributed by atoms with Gasteiger partial charge in [-0.1, -0.05) is 39.1 Å². The van der Waals surface area contributed by atoms with E-state index >= 15 is 0 Å². The third-order valence-corrected chi connectivity index (χ3v) is 3.97. The molecule has 22 heavy (non-hydrogen) atoms. The van der Waals surface area contributed by atoms with Crippen LogP contribution in [0.1, 0.15) is 45.2 Å². The van der Waals surface area contributed by atoms with E-state index in [1.807, 2.05) is 38.9 Å². The van der Waals surface area contributed by atoms with Crippen LogP contribution in [0.15, 0.2) is 47.9 Å². The van der Waals surface area contributed by atoms with Crippen molar-refractivity contribution in [2.75, 3.05) is 7.05 Å². The molecular formula is C19H29N3. The van der Waals surface area contributed by atoms with E-state index in [1.165, 1.54) is 11.1 Å². The first kappa shape index (κ1) is 18.0. The van der Waals surface area contributed by atoms with Gasteiger partial charge in [0.15, 0.2) is 0 Å². The summed E-state index contributed by atoms with van der Waals surface area (Å²) in [5, 5.41) is 3.50. The Morgan fingerprint density at radius 3 is 2.50 bits per heavy atom. The zero-order valence-corrected chi connectivity index (χ0v) is 14.8. The van der Waals surface area contributed by atoms with Crippen LogP contribution in [0, 0.1) is 6.92 Å². The Labute approximate surface area is 135 Å². The number of nitrogens with zero attached hydrogens (tertiary/aromatic N) is 2. The fourth-order valence-corrected chi connectivity index (χ4v) is 2.57. The summed E-state index contributed by atoms with van der Waals surface area (Å²) in [5.74, 6) is 0.880. The van der Waals surface area contributed by atoms with Crippen LogP contribution in [-0.4, -0.2) is 18.2 Å². The molecule has 1 N–H and O–H groups in total. The van der Waals surface area contributed by atoms with Crippen molar-refractivity contribution in [2.45, 2.75) is 46.6 Å². The Kier molecular flexibility index (Phi) is 5.98. The Morgan fingerprint density at radius 1 is 1.32 bits per heavy atom. The van der Waals surface area contributed by atoms with E-state index in [0.29, 0.717) is 0 Å². The van der Waals surface area contributed by atoms with E-state index in [0.717, 1.165) is 23.6 Å². The molecular weight excluding hydrogens is 270 g/mol. The van der Waals surface area contributed by atoms with Crippen molar-refractivity contribution < 1.29 is 0 Å². The zero-order valence-electron chi connectivity index (χ0n) is 14.8. The van der Waals surface area contributed by atoms with Gasteiger partial charge in [-0.2, -0.15) is 0 Å². The largest absolute Gasteiger partial charge is 0.362 e. The molecule has 1 atom stereocenters. The maximum atomic E-state index is 4.44. The van der Waals surface area contributed by atoms with Gasteiger partial charge in [-0.05, 0) is 38.0 Å². The van der Waals surface area contributed by atoms with Gasteiger partial charge < -0.3 is 10.2 Å². The van der Waals surface area contributed by atoms with Gasteiger partial charge >= 0.3 is 0 Å². The van der Waals surface area contributed by atoms with Crippen LogP contribution in [-0.2, 0) is 5.54 Å². The predicted molar refractivity (Wildman–Crippen MR) is 97.5 cm³/mol. The highest BCUT2D eigenvalue weighted by Crippen LogP contribution is 2.36. The van der Waals surface area contributed by atoms with Gasteiger partial charge in [-0.15, -0.1) is 0 Å². The van der Waals surface area contributed by atoms with Gasteiger partial charge in [0.25, 0.3) is 0 Å². The third kappa shape index (κ3) is 3.59. The zero-order chi connectivity index (χ0) is 16.9. The summed E-state index contributed by atoms with van der Waals surface area (Å²) < 4.78 is 0. The summed E-state index contributed by atoms with van der Waals surface area (Å²) in [6, 6.07) is 6.42. The molecule has 0 saturated carbocycles. The lowest BCUT2D eigenvalue weighted by Crippen LogP contribution is -2.48. The second-order valence-electron chi connectivity index (χ2n) is 5.59. The molecule has 1 fully saturated rings. The fourth-order valence-electron chi connectivity index (χ4n) is 2.57. The minimum absolute atomic E-state index is 0.188. The summed E-state index contributed by atoms with van der Waals surface area (Å²) in [5.41, 5.74) is 4.28. The molecule has 1 aromatic rings. The number of aryl methyl sites for hydroxylation is 1. The molecule has 0 aromatic heterocycles. The number of benzene rings is 1. The van der Waals surface area contributed by atoms with Crippen LogP contribution < -0.4 is 5.32 Å². The van der Waals surface area contributed by atoms with Crippen LogP contribution in [0.25, 0.3) is 0 Å². The summed E-state index contributed by atoms with van der Waals surface area (Å²) in [7, 11) is 1.99. The summed E-state index contributed by atoms with van der Waals surface area (Å²) in [6.07, 6.45) is 2.68. The van der Waals surface area contributed by atoms with Gasteiger partial charge in [-0.3, -0.25) is 4.99 Å². The summed E-state index contributed by atoms with van der Waals surface area (Å²) in [4.78, 5) is 6.44. The van der Waals surface area contributed by atoms with Crippen molar-refractivity contribution in [3.63, 3.8) is 0 Å². The molecule has 2 rings (SSSR count). The fraction of sp³-hybridized carbons (Fsp3) is 0.421. The molecule has 1 heterocycles. The van der Waals surface area contributed by atoms with Gasteiger partial charge in [0.2, 0.25) is 0 Å². The Hall–Kier alpha value is -2.03. The molecule has 1 aliphatic heterocycles. The quantitative estimate of drug-likeness (QED) is 0.789. The van der Waals surface area contributed by atoms with Crippen LogP contribution in [0.4, 0.5) is 5.69 Å². The standard InChI is InChI=1S/C17H23N3.C2H6/c1-7-18-16-10-15(9-8-12(16)2)17(5)11-13(3)20(6)14(4)19-17;1-2/h7-10,19H,3-4,11H2,1-2,5-6H3;1-2H3. The van der Waals surface area contributed by atoms with Gasteiger partial charge in [-0.25, -0.2) is 0 Å². The van der Waals surface area contributed by atoms with Crippen LogP contribution in [0.5, 0.6) is 0 Å². The van der Waals surface area contributed by atoms with E-state index in [9.17, 15) is 0 Å². The minimum Gasteiger partial charge on any atom is -0.362 e. The predicted octanol–water partition coefficient (Wildman–Crippen LogP) is 4.87. The molecule has 0 radical (unpaired) electrons. The lowest BCUT2D eigenvalue weighted by atomic mass is 9.85. The summed E-state index contributed by atoms with van der Waals surface area (Å²) in [6.45, 7) is 18.4. The molecule has 0 spiro atoms. The average molecular weight is 299 g/mol. The van der Waals surface area contributed by atoms with Gasteiger partial charge in [0.05, 0.1) is 17.0 Å². The molecule has 3 heteroatoms. The molecule has 0 amide bonds. The highest BCUT2D eigenvalue weighted by molar-refractivity contribution is 5.63. The molecule has 1 aliphatic rings. The average Bonchev–Trinajstić information content (AvgIpc) is 2.49. The SMILES string of the molecule is C=C1CC(C)(c2ccc(C)c(N=CC)c2)NC(=C)N1C.CC. The number of nitrogens with one attached hydrogen (secondary N) is 1. The molecule has 1 unspecified atom stereocenters. The Balaban J connectivity index is 0.00000116. The third-order valence-electron chi connectivity index (χ3n) is 3.97. The number of aliphatic imine (C=N–C) groups is 1. The molecule has 3 nitrogen and oxygen atoms in total. The molecule has 1 saturated heterocycles. The topological polar surface area (TPSA) is 27.6 Å². The highest BCUT2D eigenvalue weighted by atomic mass is 15.3. The Bertz CT molecular complexity index is 566. The monoisotopic (exact) mass is 299 g/mol. The van der Waals surface area contributed by atoms with Crippen molar-refractivity contribution >= 4 is 11.9 Å². The molecule has 0 aliphatic carbocycles. The second-order valence-corrected chi connectivity index (χ2v) is 5.59. The summed E-state index contributed by atoms with van der Waals surface area (Å²) >= 11 is 0. The molecule has 120 valence electrons. The smallest absolute Gasteiger partial charge is 0.0985 e. The van der Waals surface area contributed by atoms with Crippen LogP contribution >= 0.6 is 0 Å². The second kappa shape index (κ2) is 7.30. The van der Waals surface area contributed by atoms with E-state index in [2.05, 4.69) is 55.5 Å². The van der Waals surface area contributed by atoms with Crippen molar-refractivity contribution in [3.05, 3.63) is 54.0 Å². The lowest BCUT2D eigenvalue weighted by molar-refractivity contribution is 0.268. The van der Waals surface area contributed by atoms with Crippen molar-refractivity contribution in [2.24, 2.45) is 4.99 Å². The van der Waals surface area contributed by atoms with Crippen LogP contribution in [0.2, 0.25) is 0 Å². The highest BCUT2D eigenvalue weighted by Gasteiger charge is 2.34. The molecule has 0 bridgehead atoms. The molecule has 1 aromatic carbocycles. The van der Waals surface area contributed by atoms with E-state index in [-0.39, 0.29) is 5.54 Å². The van der Waals surface area contributed by atoms with E-state index < -0.39 is 0 Å². The lowest BCUT2D eigenvalue weighted by Gasteiger charge is -2.43. The van der Waals surface area contributed by atoms with Crippen molar-refractivity contribution in [1.82, 2.24) is 10.2 Å². The van der Waals surface area contributed by atoms with E-state index in [1.54, 1.807) is 0 Å². The first-order valence-electron chi connectivity index (χ1n) is 7.86. The maximum absolute atomic E-state index is 4.44. The van der Waals surface area contributed by atoms with Gasteiger partial charge in [0, 0.05) is 25.4 Å². The van der Waals surface area contributed by atoms with Crippen molar-refractivity contribution in [1.29, 1.82) is 0 Å². The first-order chi connectivity index (χ1) is 10.4. The number of rotatable bonds is 2. The Morgan fingerprint density at radius 2 is 1.95 bits per heavy atom. The first-order valence-corrected chi connectivity index (χ1v) is 7.86. The van der Waals surface area contributed by atoms with E-state index in [4.69, 9.17) is 0 Å². The minimum atomic E-state index is -0.188. The van der Waals surface area contributed by atoms with Crippen molar-refractivity contribution in [3.8, 4) is 0 Å². The normalized spacial score (nSPS) is 21.5. The van der Waals surface area contributed by atoms with Crippen LogP contribution in [0.3, 0.4) is 0 Å².